The zero-order valence-corrected chi connectivity index (χ0v) is 16.9. The van der Waals surface area contributed by atoms with Gasteiger partial charge in [0, 0.05) is 0 Å². The van der Waals surface area contributed by atoms with Crippen molar-refractivity contribution in [3.63, 3.8) is 0 Å². The topological polar surface area (TPSA) is 26.0 Å². The van der Waals surface area contributed by atoms with E-state index in [2.05, 4.69) is 69.0 Å². The van der Waals surface area contributed by atoms with Gasteiger partial charge < -0.3 is 5.73 Å². The van der Waals surface area contributed by atoms with Crippen molar-refractivity contribution < 1.29 is 16.0 Å². The quantitative estimate of drug-likeness (QED) is 0.430. The van der Waals surface area contributed by atoms with Gasteiger partial charge in [0.05, 0.1) is 0 Å². The first-order valence-corrected chi connectivity index (χ1v) is 13.9. The summed E-state index contributed by atoms with van der Waals surface area (Å²) in [4.78, 5) is 0. The van der Waals surface area contributed by atoms with Gasteiger partial charge in [-0.05, 0) is 0 Å². The van der Waals surface area contributed by atoms with Gasteiger partial charge in [-0.15, -0.1) is 12.6 Å². The average molecular weight is 350 g/mol. The first-order valence-electron chi connectivity index (χ1n) is 7.39. The molecule has 0 amide bonds. The monoisotopic (exact) mass is 348 g/mol. The third-order valence-corrected chi connectivity index (χ3v) is 12.6. The molecule has 1 rings (SSSR count). The van der Waals surface area contributed by atoms with E-state index >= 15 is 0 Å². The van der Waals surface area contributed by atoms with E-state index in [4.69, 9.17) is 5.73 Å². The van der Waals surface area contributed by atoms with Crippen LogP contribution in [0.2, 0.25) is 10.0 Å². The summed E-state index contributed by atoms with van der Waals surface area (Å²) in [6.45, 7) is 4.63. The van der Waals surface area contributed by atoms with Crippen molar-refractivity contribution in [3.8, 4) is 0 Å². The Morgan fingerprint density at radius 2 is 1.53 bits per heavy atom. The number of benzene rings is 1. The zero-order valence-electron chi connectivity index (χ0n) is 12.3. The molecule has 1 aromatic carbocycles. The Labute approximate surface area is 134 Å². The van der Waals surface area contributed by atoms with Crippen LogP contribution in [0.5, 0.6) is 0 Å². The second kappa shape index (κ2) is 13.1. The van der Waals surface area contributed by atoms with Crippen molar-refractivity contribution in [1.29, 1.82) is 0 Å². The summed E-state index contributed by atoms with van der Waals surface area (Å²) in [6.07, 6.45) is 5.65. The van der Waals surface area contributed by atoms with E-state index in [0.29, 0.717) is 0 Å². The van der Waals surface area contributed by atoms with Crippen LogP contribution in [0, 0.1) is 0 Å². The minimum absolute atomic E-state index is 0.194. The van der Waals surface area contributed by atoms with Crippen molar-refractivity contribution in [3.05, 3.63) is 30.3 Å². The van der Waals surface area contributed by atoms with Crippen LogP contribution < -0.4 is 9.89 Å². The van der Waals surface area contributed by atoms with Gasteiger partial charge in [-0.25, -0.2) is 0 Å². The Kier molecular flexibility index (Phi) is 13.1. The molecular formula is C15H26NS2Zn. The van der Waals surface area contributed by atoms with Crippen LogP contribution in [0.4, 0.5) is 0 Å². The third-order valence-electron chi connectivity index (χ3n) is 3.48. The Hall–Kier alpha value is 0.0834. The van der Waals surface area contributed by atoms with Gasteiger partial charge in [0.15, 0.2) is 0 Å². The van der Waals surface area contributed by atoms with Crippen LogP contribution in [-0.4, -0.2) is 4.32 Å². The van der Waals surface area contributed by atoms with Crippen LogP contribution in [0.1, 0.15) is 39.5 Å². The summed E-state index contributed by atoms with van der Waals surface area (Å²) in [5.74, 6) is 0. The van der Waals surface area contributed by atoms with Gasteiger partial charge in [0.2, 0.25) is 0 Å². The molecule has 1 nitrogen and oxygen atoms in total. The molecule has 0 atom stereocenters. The Morgan fingerprint density at radius 1 is 1.11 bits per heavy atom. The van der Waals surface area contributed by atoms with Crippen LogP contribution in [0.15, 0.2) is 30.3 Å². The van der Waals surface area contributed by atoms with Gasteiger partial charge in [-0.1, -0.05) is 12.2 Å². The van der Waals surface area contributed by atoms with E-state index in [1.54, 1.807) is 14.2 Å². The van der Waals surface area contributed by atoms with Crippen LogP contribution in [0.25, 0.3) is 0 Å². The van der Waals surface area contributed by atoms with E-state index in [1.165, 1.54) is 25.7 Å². The molecule has 105 valence electrons. The van der Waals surface area contributed by atoms with Gasteiger partial charge in [0.1, 0.15) is 4.32 Å². The fraction of sp³-hybridized carbons (Fsp3) is 0.533. The number of hydrogen-bond donors (Lipinski definition) is 2. The number of nitrogens with two attached hydrogens (primary N) is 1. The molecule has 0 aliphatic carbocycles. The molecule has 2 N–H and O–H groups in total. The molecule has 0 unspecified atom stereocenters. The number of rotatable bonds is 7. The second-order valence-electron chi connectivity index (χ2n) is 5.09. The predicted molar refractivity (Wildman–Crippen MR) is 91.3 cm³/mol. The minimum Gasteiger partial charge on any atom is -0.385 e. The standard InChI is InChI=1S/C6H5.2C4H9.CH3NS2.Zn/c1-2-4-6-5-3-1;2*1-3-4-2;2-1(3)4;/h1-5H;2*1,3-4H2,2H3;(H3,2,3,4);. The van der Waals surface area contributed by atoms with E-state index < -0.39 is 16.0 Å². The zero-order chi connectivity index (χ0) is 14.5. The molecule has 19 heavy (non-hydrogen) atoms. The third kappa shape index (κ3) is 11.6. The molecule has 0 radical (unpaired) electrons. The molecule has 0 bridgehead atoms. The molecule has 0 aromatic heterocycles. The largest absolute Gasteiger partial charge is 0.385 e. The fourth-order valence-corrected chi connectivity index (χ4v) is 11.6. The van der Waals surface area contributed by atoms with Crippen molar-refractivity contribution in [2.75, 3.05) is 0 Å². The molecule has 0 saturated carbocycles. The molecular weight excluding hydrogens is 324 g/mol. The molecule has 0 spiro atoms. The molecule has 0 aliphatic heterocycles. The van der Waals surface area contributed by atoms with Crippen LogP contribution in [0.3, 0.4) is 0 Å². The Balaban J connectivity index is 0.000000711. The molecule has 4 heteroatoms. The van der Waals surface area contributed by atoms with Crippen molar-refractivity contribution in [2.45, 2.75) is 49.6 Å². The summed E-state index contributed by atoms with van der Waals surface area (Å²) in [6, 6.07) is 11.3. The number of unbranched alkanes of at least 4 members (excludes halogenated alkanes) is 2. The first-order chi connectivity index (χ1) is 9.11. The van der Waals surface area contributed by atoms with E-state index in [1.807, 2.05) is 0 Å². The summed E-state index contributed by atoms with van der Waals surface area (Å²) in [5, 5.41) is 3.14. The van der Waals surface area contributed by atoms with Crippen LogP contribution in [-0.2, 0) is 16.0 Å². The number of hydrogen-bond acceptors (Lipinski definition) is 1. The smallest absolute Gasteiger partial charge is 0.128 e. The van der Waals surface area contributed by atoms with Crippen molar-refractivity contribution >= 4 is 33.3 Å². The summed E-state index contributed by atoms with van der Waals surface area (Å²) < 4.78 is 1.94. The minimum atomic E-state index is -1.34. The molecule has 0 aliphatic rings. The number of thiol groups is 1. The predicted octanol–water partition coefficient (Wildman–Crippen LogP) is 4.53. The summed E-state index contributed by atoms with van der Waals surface area (Å²) in [7, 11) is 0. The van der Waals surface area contributed by atoms with Crippen molar-refractivity contribution in [2.24, 2.45) is 5.73 Å². The van der Waals surface area contributed by atoms with Gasteiger partial charge in [-0.3, -0.25) is 0 Å². The van der Waals surface area contributed by atoms with Gasteiger partial charge >= 0.3 is 100 Å². The molecule has 0 fully saturated rings. The maximum absolute atomic E-state index is 4.71. The molecule has 0 saturated heterocycles. The molecule has 0 heterocycles. The summed E-state index contributed by atoms with van der Waals surface area (Å²) >= 11 is 6.31. The van der Waals surface area contributed by atoms with E-state index in [0.717, 1.165) is 0 Å². The van der Waals surface area contributed by atoms with E-state index in [-0.39, 0.29) is 4.32 Å². The molecule has 1 aromatic rings. The number of thiocarbonyl (C=S) groups is 1. The SMILES string of the molecule is CCC[CH2][Zn]([CH2]CCC)[c]1ccccc1.NC(=S)S. The fourth-order valence-electron chi connectivity index (χ4n) is 2.50. The average Bonchev–Trinajstić information content (AvgIpc) is 2.39. The van der Waals surface area contributed by atoms with Gasteiger partial charge in [0.25, 0.3) is 0 Å². The van der Waals surface area contributed by atoms with E-state index in [9.17, 15) is 0 Å². The maximum Gasteiger partial charge on any atom is 0.128 e. The second-order valence-corrected chi connectivity index (χ2v) is 14.6. The maximum atomic E-state index is 4.71. The normalized spacial score (nSPS) is 9.42. The first kappa shape index (κ1) is 19.1. The van der Waals surface area contributed by atoms with Crippen LogP contribution >= 0.6 is 24.8 Å². The Bertz CT molecular complexity index is 318. The Morgan fingerprint density at radius 3 is 1.89 bits per heavy atom. The van der Waals surface area contributed by atoms with Gasteiger partial charge in [-0.2, -0.15) is 0 Å². The summed E-state index contributed by atoms with van der Waals surface area (Å²) in [5.41, 5.74) is 4.71. The van der Waals surface area contributed by atoms with Crippen molar-refractivity contribution in [1.82, 2.24) is 0 Å².